The Kier molecular flexibility index (Phi) is 5.16. The normalized spacial score (nSPS) is 15.4. The Morgan fingerprint density at radius 3 is 2.70 bits per heavy atom. The van der Waals surface area contributed by atoms with Gasteiger partial charge in [-0.1, -0.05) is 11.6 Å². The molecule has 1 unspecified atom stereocenters. The van der Waals surface area contributed by atoms with Crippen molar-refractivity contribution >= 4 is 0 Å². The van der Waals surface area contributed by atoms with Crippen LogP contribution in [0.5, 0.6) is 0 Å². The van der Waals surface area contributed by atoms with Gasteiger partial charge in [-0.15, -0.1) is 0 Å². The van der Waals surface area contributed by atoms with Crippen molar-refractivity contribution in [1.82, 2.24) is 0 Å². The fourth-order valence-corrected chi connectivity index (χ4v) is 0.753. The van der Waals surface area contributed by atoms with E-state index in [9.17, 15) is 4.39 Å². The van der Waals surface area contributed by atoms with Crippen LogP contribution >= 0.6 is 0 Å². The number of rotatable bonds is 4. The lowest BCUT2D eigenvalue weighted by Gasteiger charge is -2.05. The summed E-state index contributed by atoms with van der Waals surface area (Å²) in [5, 5.41) is 0. The molecule has 0 aliphatic heterocycles. The molecular formula is C7H15FN2. The van der Waals surface area contributed by atoms with E-state index in [4.69, 9.17) is 11.5 Å². The Hall–Kier alpha value is -0.410. The zero-order chi connectivity index (χ0) is 7.98. The number of hydrogen-bond donors (Lipinski definition) is 2. The van der Waals surface area contributed by atoms with Crippen LogP contribution in [0.3, 0.4) is 0 Å². The van der Waals surface area contributed by atoms with Crippen molar-refractivity contribution in [2.45, 2.75) is 19.4 Å². The Morgan fingerprint density at radius 1 is 1.70 bits per heavy atom. The van der Waals surface area contributed by atoms with Crippen molar-refractivity contribution in [3.8, 4) is 0 Å². The lowest BCUT2D eigenvalue weighted by molar-refractivity contribution is 0.426. The highest BCUT2D eigenvalue weighted by atomic mass is 19.1. The van der Waals surface area contributed by atoms with Crippen molar-refractivity contribution in [2.24, 2.45) is 11.5 Å². The first kappa shape index (κ1) is 9.59. The van der Waals surface area contributed by atoms with Crippen molar-refractivity contribution < 1.29 is 4.39 Å². The molecule has 60 valence electrons. The van der Waals surface area contributed by atoms with Gasteiger partial charge in [0.25, 0.3) is 0 Å². The van der Waals surface area contributed by atoms with Crippen molar-refractivity contribution in [2.75, 3.05) is 13.2 Å². The van der Waals surface area contributed by atoms with Gasteiger partial charge in [0.1, 0.15) is 6.67 Å². The predicted octanol–water partition coefficient (Wildman–Crippen LogP) is 0.578. The van der Waals surface area contributed by atoms with E-state index in [0.717, 1.165) is 5.57 Å². The second-order valence-corrected chi connectivity index (χ2v) is 2.40. The molecule has 0 amide bonds. The molecule has 4 N–H and O–H groups in total. The highest BCUT2D eigenvalue weighted by Gasteiger charge is 2.00. The monoisotopic (exact) mass is 146 g/mol. The third kappa shape index (κ3) is 4.47. The quantitative estimate of drug-likeness (QED) is 0.570. The molecule has 0 heterocycles. The third-order valence-electron chi connectivity index (χ3n) is 1.25. The molecule has 0 aromatic carbocycles. The molecule has 3 heteroatoms. The predicted molar refractivity (Wildman–Crippen MR) is 41.4 cm³/mol. The van der Waals surface area contributed by atoms with E-state index < -0.39 is 6.67 Å². The number of nitrogens with two attached hydrogens (primary N) is 2. The van der Waals surface area contributed by atoms with Crippen LogP contribution in [0.2, 0.25) is 0 Å². The number of hydrogen-bond acceptors (Lipinski definition) is 2. The fraction of sp³-hybridized carbons (Fsp3) is 0.714. The highest BCUT2D eigenvalue weighted by molar-refractivity contribution is 5.00. The maximum Gasteiger partial charge on any atom is 0.105 e. The first-order valence-corrected chi connectivity index (χ1v) is 3.38. The van der Waals surface area contributed by atoms with Crippen LogP contribution in [0.15, 0.2) is 11.6 Å². The zero-order valence-corrected chi connectivity index (χ0v) is 6.31. The lowest BCUT2D eigenvalue weighted by Crippen LogP contribution is -2.22. The summed E-state index contributed by atoms with van der Waals surface area (Å²) in [7, 11) is 0. The molecule has 0 radical (unpaired) electrons. The Labute approximate surface area is 61.1 Å². The fourth-order valence-electron chi connectivity index (χ4n) is 0.753. The van der Waals surface area contributed by atoms with E-state index in [1.165, 1.54) is 0 Å². The SMILES string of the molecule is C/C(=C\CN)CC(N)CF. The van der Waals surface area contributed by atoms with E-state index in [2.05, 4.69) is 0 Å². The summed E-state index contributed by atoms with van der Waals surface area (Å²) < 4.78 is 11.8. The van der Waals surface area contributed by atoms with Gasteiger partial charge in [0.05, 0.1) is 0 Å². The van der Waals surface area contributed by atoms with Gasteiger partial charge in [-0.05, 0) is 13.3 Å². The maximum atomic E-state index is 11.8. The minimum atomic E-state index is -0.463. The first-order valence-electron chi connectivity index (χ1n) is 3.38. The Balaban J connectivity index is 3.56. The third-order valence-corrected chi connectivity index (χ3v) is 1.25. The Bertz CT molecular complexity index is 112. The second-order valence-electron chi connectivity index (χ2n) is 2.40. The number of halogens is 1. The van der Waals surface area contributed by atoms with E-state index >= 15 is 0 Å². The average Bonchev–Trinajstić information content (AvgIpc) is 1.88. The van der Waals surface area contributed by atoms with Gasteiger partial charge in [0, 0.05) is 12.6 Å². The summed E-state index contributed by atoms with van der Waals surface area (Å²) in [6.07, 6.45) is 2.46. The largest absolute Gasteiger partial charge is 0.327 e. The molecule has 0 saturated heterocycles. The van der Waals surface area contributed by atoms with Crippen LogP contribution in [0, 0.1) is 0 Å². The summed E-state index contributed by atoms with van der Waals surface area (Å²) in [4.78, 5) is 0. The standard InChI is InChI=1S/C7H15FN2/c1-6(2-3-9)4-7(10)5-8/h2,7H,3-5,9-10H2,1H3/b6-2+. The molecule has 2 nitrogen and oxygen atoms in total. The first-order chi connectivity index (χ1) is 4.70. The van der Waals surface area contributed by atoms with Gasteiger partial charge in [-0.3, -0.25) is 0 Å². The molecule has 0 bridgehead atoms. The maximum absolute atomic E-state index is 11.8. The molecule has 0 aliphatic carbocycles. The van der Waals surface area contributed by atoms with Gasteiger partial charge in [0.2, 0.25) is 0 Å². The molecule has 0 aromatic rings. The summed E-state index contributed by atoms with van der Waals surface area (Å²) in [6.45, 7) is 1.95. The number of alkyl halides is 1. The van der Waals surface area contributed by atoms with E-state index in [0.29, 0.717) is 13.0 Å². The molecular weight excluding hydrogens is 131 g/mol. The molecule has 10 heavy (non-hydrogen) atoms. The van der Waals surface area contributed by atoms with Crippen LogP contribution in [0.4, 0.5) is 4.39 Å². The minimum Gasteiger partial charge on any atom is -0.327 e. The molecule has 0 aliphatic rings. The molecule has 0 saturated carbocycles. The molecule has 0 aromatic heterocycles. The van der Waals surface area contributed by atoms with Crippen molar-refractivity contribution in [3.05, 3.63) is 11.6 Å². The Morgan fingerprint density at radius 2 is 2.30 bits per heavy atom. The van der Waals surface area contributed by atoms with Crippen LogP contribution in [0.1, 0.15) is 13.3 Å². The summed E-state index contributed by atoms with van der Waals surface area (Å²) in [5.41, 5.74) is 11.6. The van der Waals surface area contributed by atoms with Gasteiger partial charge in [0.15, 0.2) is 0 Å². The summed E-state index contributed by atoms with van der Waals surface area (Å²) >= 11 is 0. The van der Waals surface area contributed by atoms with Gasteiger partial charge in [-0.25, -0.2) is 4.39 Å². The average molecular weight is 146 g/mol. The van der Waals surface area contributed by atoms with E-state index in [1.54, 1.807) is 0 Å². The van der Waals surface area contributed by atoms with Crippen molar-refractivity contribution in [1.29, 1.82) is 0 Å². The topological polar surface area (TPSA) is 52.0 Å². The van der Waals surface area contributed by atoms with Crippen LogP contribution in [-0.4, -0.2) is 19.3 Å². The summed E-state index contributed by atoms with van der Waals surface area (Å²) in [5.74, 6) is 0. The van der Waals surface area contributed by atoms with E-state index in [-0.39, 0.29) is 6.04 Å². The molecule has 0 rings (SSSR count). The van der Waals surface area contributed by atoms with E-state index in [1.807, 2.05) is 13.0 Å². The van der Waals surface area contributed by atoms with Crippen LogP contribution in [0.25, 0.3) is 0 Å². The summed E-state index contributed by atoms with van der Waals surface area (Å²) in [6, 6.07) is -0.359. The van der Waals surface area contributed by atoms with Gasteiger partial charge < -0.3 is 11.5 Å². The lowest BCUT2D eigenvalue weighted by atomic mass is 10.1. The van der Waals surface area contributed by atoms with Crippen LogP contribution in [-0.2, 0) is 0 Å². The van der Waals surface area contributed by atoms with Gasteiger partial charge >= 0.3 is 0 Å². The second kappa shape index (κ2) is 5.38. The molecule has 1 atom stereocenters. The smallest absolute Gasteiger partial charge is 0.105 e. The highest BCUT2D eigenvalue weighted by Crippen LogP contribution is 2.01. The zero-order valence-electron chi connectivity index (χ0n) is 6.31. The molecule has 0 fully saturated rings. The van der Waals surface area contributed by atoms with Crippen LogP contribution < -0.4 is 11.5 Å². The minimum absolute atomic E-state index is 0.359. The van der Waals surface area contributed by atoms with Crippen molar-refractivity contribution in [3.63, 3.8) is 0 Å². The van der Waals surface area contributed by atoms with Gasteiger partial charge in [-0.2, -0.15) is 0 Å². The molecule has 0 spiro atoms.